The number of carbonyl (C=O) groups is 1. The maximum Gasteiger partial charge on any atom is 0.416 e. The zero-order chi connectivity index (χ0) is 23.2. The van der Waals surface area contributed by atoms with Gasteiger partial charge in [-0.3, -0.25) is 4.79 Å². The average molecular weight is 531 g/mol. The topological polar surface area (TPSA) is 53.2 Å². The molecule has 2 aromatic carbocycles. The monoisotopic (exact) mass is 529 g/mol. The van der Waals surface area contributed by atoms with Crippen LogP contribution in [0.2, 0.25) is 5.02 Å². The molecule has 0 aliphatic carbocycles. The van der Waals surface area contributed by atoms with Crippen molar-refractivity contribution < 1.29 is 18.0 Å². The van der Waals surface area contributed by atoms with Crippen LogP contribution in [0.25, 0.3) is 6.08 Å². The fourth-order valence-corrected chi connectivity index (χ4v) is 2.93. The molecule has 2 rings (SSSR count). The third kappa shape index (κ3) is 8.38. The third-order valence-corrected chi connectivity index (χ3v) is 4.86. The van der Waals surface area contributed by atoms with Gasteiger partial charge in [0.05, 0.1) is 16.3 Å². The Hall–Kier alpha value is -1.71. The smallest absolute Gasteiger partial charge is 0.339 e. The van der Waals surface area contributed by atoms with Crippen molar-refractivity contribution in [3.05, 3.63) is 70.8 Å². The molecule has 166 valence electrons. The molecule has 0 bridgehead atoms. The molecule has 0 saturated carbocycles. The molecule has 0 saturated heterocycles. The molecule has 12 heteroatoms. The highest BCUT2D eigenvalue weighted by Crippen LogP contribution is 2.34. The van der Waals surface area contributed by atoms with Gasteiger partial charge in [0.1, 0.15) is 6.17 Å². The molecular weight excluding hydrogens is 517 g/mol. The quantitative estimate of drug-likeness (QED) is 0.187. The Labute approximate surface area is 201 Å². The normalized spacial score (nSPS) is 13.0. The van der Waals surface area contributed by atoms with Crippen molar-refractivity contribution in [2.24, 2.45) is 0 Å². The lowest BCUT2D eigenvalue weighted by atomic mass is 10.2. The lowest BCUT2D eigenvalue weighted by Crippen LogP contribution is -2.55. The highest BCUT2D eigenvalue weighted by atomic mass is 35.6. The number of halogens is 7. The summed E-state index contributed by atoms with van der Waals surface area (Å²) >= 11 is 28.7. The molecule has 0 heterocycles. The average Bonchev–Trinajstić information content (AvgIpc) is 2.67. The van der Waals surface area contributed by atoms with E-state index in [1.54, 1.807) is 30.3 Å². The maximum absolute atomic E-state index is 12.9. The number of anilines is 1. The molecule has 0 spiro atoms. The number of amides is 1. The van der Waals surface area contributed by atoms with E-state index in [4.69, 9.17) is 58.6 Å². The van der Waals surface area contributed by atoms with E-state index in [0.29, 0.717) is 0 Å². The predicted octanol–water partition coefficient (Wildman–Crippen LogP) is 6.17. The van der Waals surface area contributed by atoms with E-state index in [1.807, 2.05) is 6.07 Å². The summed E-state index contributed by atoms with van der Waals surface area (Å²) in [6, 6.07) is 11.7. The Kier molecular flexibility index (Phi) is 8.85. The highest BCUT2D eigenvalue weighted by molar-refractivity contribution is 7.80. The van der Waals surface area contributed by atoms with Crippen LogP contribution in [0.1, 0.15) is 11.1 Å². The van der Waals surface area contributed by atoms with E-state index in [1.165, 1.54) is 6.08 Å². The molecule has 0 aliphatic heterocycles. The number of benzene rings is 2. The minimum Gasteiger partial charge on any atom is -0.339 e. The first kappa shape index (κ1) is 25.5. The number of hydrogen-bond donors (Lipinski definition) is 3. The number of carbonyl (C=O) groups excluding carboxylic acids is 1. The first-order valence-corrected chi connectivity index (χ1v) is 10.3. The van der Waals surface area contributed by atoms with Crippen molar-refractivity contribution in [2.45, 2.75) is 16.1 Å². The van der Waals surface area contributed by atoms with E-state index >= 15 is 0 Å². The van der Waals surface area contributed by atoms with Gasteiger partial charge in [-0.25, -0.2) is 0 Å². The van der Waals surface area contributed by atoms with Gasteiger partial charge >= 0.3 is 6.18 Å². The van der Waals surface area contributed by atoms with Crippen LogP contribution in [0.5, 0.6) is 0 Å². The van der Waals surface area contributed by atoms with Crippen LogP contribution in [-0.4, -0.2) is 21.0 Å². The first-order valence-electron chi connectivity index (χ1n) is 8.41. The third-order valence-electron chi connectivity index (χ3n) is 3.66. The molecule has 0 unspecified atom stereocenters. The zero-order valence-electron chi connectivity index (χ0n) is 15.3. The molecule has 0 fully saturated rings. The molecule has 1 amide bonds. The van der Waals surface area contributed by atoms with Gasteiger partial charge in [0.2, 0.25) is 9.70 Å². The van der Waals surface area contributed by atoms with E-state index in [2.05, 4.69) is 16.0 Å². The summed E-state index contributed by atoms with van der Waals surface area (Å²) in [7, 11) is 0. The fourth-order valence-electron chi connectivity index (χ4n) is 2.21. The van der Waals surface area contributed by atoms with Crippen LogP contribution >= 0.6 is 58.6 Å². The largest absolute Gasteiger partial charge is 0.416 e. The van der Waals surface area contributed by atoms with Crippen LogP contribution in [0.15, 0.2) is 54.6 Å². The Balaban J connectivity index is 2.08. The number of alkyl halides is 6. The molecule has 31 heavy (non-hydrogen) atoms. The minimum atomic E-state index is -4.57. The summed E-state index contributed by atoms with van der Waals surface area (Å²) in [6.07, 6.45) is -3.12. The number of rotatable bonds is 5. The summed E-state index contributed by atoms with van der Waals surface area (Å²) in [5, 5.41) is 7.21. The number of hydrogen-bond acceptors (Lipinski definition) is 2. The van der Waals surface area contributed by atoms with Crippen molar-refractivity contribution in [2.75, 3.05) is 5.32 Å². The summed E-state index contributed by atoms with van der Waals surface area (Å²) in [5.74, 6) is -0.604. The van der Waals surface area contributed by atoms with Gasteiger partial charge < -0.3 is 16.0 Å². The molecular formula is C19H14Cl4F3N3OS. The Morgan fingerprint density at radius 2 is 1.68 bits per heavy atom. The summed E-state index contributed by atoms with van der Waals surface area (Å²) in [6.45, 7) is 0. The summed E-state index contributed by atoms with van der Waals surface area (Å²) < 4.78 is 36.7. The Morgan fingerprint density at radius 3 is 2.26 bits per heavy atom. The lowest BCUT2D eigenvalue weighted by molar-refractivity contribution is -0.137. The predicted molar refractivity (Wildman–Crippen MR) is 124 cm³/mol. The maximum atomic E-state index is 12.9. The van der Waals surface area contributed by atoms with Crippen LogP contribution in [0.4, 0.5) is 18.9 Å². The van der Waals surface area contributed by atoms with Crippen molar-refractivity contribution in [3.63, 3.8) is 0 Å². The first-order chi connectivity index (χ1) is 14.4. The van der Waals surface area contributed by atoms with Crippen molar-refractivity contribution in [1.29, 1.82) is 0 Å². The van der Waals surface area contributed by atoms with Gasteiger partial charge in [-0.15, -0.1) is 0 Å². The molecule has 0 aromatic heterocycles. The molecule has 0 aliphatic rings. The zero-order valence-corrected chi connectivity index (χ0v) is 19.2. The van der Waals surface area contributed by atoms with Gasteiger partial charge in [0, 0.05) is 6.08 Å². The Morgan fingerprint density at radius 1 is 1.03 bits per heavy atom. The molecule has 3 N–H and O–H groups in total. The molecule has 0 radical (unpaired) electrons. The van der Waals surface area contributed by atoms with Crippen LogP contribution in [0, 0.1) is 0 Å². The Bertz CT molecular complexity index is 966. The molecule has 1 atom stereocenters. The van der Waals surface area contributed by atoms with E-state index < -0.39 is 27.6 Å². The fraction of sp³-hybridized carbons (Fsp3) is 0.158. The molecule has 4 nitrogen and oxygen atoms in total. The molecule has 2 aromatic rings. The van der Waals surface area contributed by atoms with Crippen molar-refractivity contribution >= 4 is 81.4 Å². The van der Waals surface area contributed by atoms with Crippen LogP contribution in [0.3, 0.4) is 0 Å². The van der Waals surface area contributed by atoms with Gasteiger partial charge in [-0.05, 0) is 42.1 Å². The number of nitrogens with one attached hydrogen (secondary N) is 3. The van der Waals surface area contributed by atoms with E-state index in [-0.39, 0.29) is 15.8 Å². The standard InChI is InChI=1S/C19H14Cl4F3N3OS/c20-13-8-7-12(19(24,25)26)10-14(13)27-17(31)29-16(18(21,22)23)28-15(30)9-6-11-4-2-1-3-5-11/h1-10,16H,(H,28,30)(H2,27,29,31)/b9-6+/t16-/m0/s1. The van der Waals surface area contributed by atoms with Gasteiger partial charge in [-0.1, -0.05) is 76.7 Å². The second-order valence-corrected chi connectivity index (χ2v) is 9.20. The van der Waals surface area contributed by atoms with Gasteiger partial charge in [0.25, 0.3) is 0 Å². The summed E-state index contributed by atoms with van der Waals surface area (Å²) in [4.78, 5) is 12.2. The van der Waals surface area contributed by atoms with Crippen molar-refractivity contribution in [3.8, 4) is 0 Å². The summed E-state index contributed by atoms with van der Waals surface area (Å²) in [5.41, 5.74) is -0.278. The highest BCUT2D eigenvalue weighted by Gasteiger charge is 2.35. The van der Waals surface area contributed by atoms with E-state index in [0.717, 1.165) is 23.8 Å². The van der Waals surface area contributed by atoms with E-state index in [9.17, 15) is 18.0 Å². The number of thiocarbonyl (C=S) groups is 1. The second kappa shape index (κ2) is 10.7. The van der Waals surface area contributed by atoms with Crippen molar-refractivity contribution in [1.82, 2.24) is 10.6 Å². The lowest BCUT2D eigenvalue weighted by Gasteiger charge is -2.27. The second-order valence-electron chi connectivity index (χ2n) is 6.02. The van der Waals surface area contributed by atoms with Crippen LogP contribution in [-0.2, 0) is 11.0 Å². The van der Waals surface area contributed by atoms with Gasteiger partial charge in [-0.2, -0.15) is 13.2 Å². The SMILES string of the molecule is O=C(/C=C/c1ccccc1)N[C@@H](NC(=S)Nc1cc(C(F)(F)F)ccc1Cl)C(Cl)(Cl)Cl. The minimum absolute atomic E-state index is 0.0163. The van der Waals surface area contributed by atoms with Gasteiger partial charge in [0.15, 0.2) is 5.11 Å². The van der Waals surface area contributed by atoms with Crippen LogP contribution < -0.4 is 16.0 Å².